The van der Waals surface area contributed by atoms with Crippen molar-refractivity contribution in [1.82, 2.24) is 9.55 Å². The zero-order chi connectivity index (χ0) is 14.3. The molecule has 0 saturated heterocycles. The Morgan fingerprint density at radius 3 is 2.40 bits per heavy atom. The molecule has 3 rings (SSSR count). The zero-order valence-corrected chi connectivity index (χ0v) is 12.5. The van der Waals surface area contributed by atoms with Crippen molar-refractivity contribution in [3.05, 3.63) is 52.3 Å². The maximum Gasteiger partial charge on any atom is 0.182 e. The van der Waals surface area contributed by atoms with Crippen LogP contribution in [0.15, 0.2) is 36.4 Å². The SMILES string of the molecule is COc1ccc2c(c1)[nH]c(=S)n2-c1cc(C)cc(C)c1. The maximum atomic E-state index is 5.47. The Balaban J connectivity index is 2.30. The van der Waals surface area contributed by atoms with Crippen molar-refractivity contribution in [2.24, 2.45) is 0 Å². The quantitative estimate of drug-likeness (QED) is 0.710. The predicted molar refractivity (Wildman–Crippen MR) is 84.5 cm³/mol. The van der Waals surface area contributed by atoms with Crippen molar-refractivity contribution < 1.29 is 4.74 Å². The molecule has 0 bridgehead atoms. The van der Waals surface area contributed by atoms with E-state index in [0.717, 1.165) is 22.5 Å². The molecule has 3 nitrogen and oxygen atoms in total. The van der Waals surface area contributed by atoms with Gasteiger partial charge in [0.15, 0.2) is 4.77 Å². The number of H-pyrrole nitrogens is 1. The molecule has 0 aliphatic rings. The number of aryl methyl sites for hydroxylation is 2. The van der Waals surface area contributed by atoms with E-state index in [1.165, 1.54) is 11.1 Å². The molecule has 1 N–H and O–H groups in total. The molecule has 1 aromatic heterocycles. The monoisotopic (exact) mass is 284 g/mol. The molecule has 0 spiro atoms. The van der Waals surface area contributed by atoms with Gasteiger partial charge in [-0.2, -0.15) is 0 Å². The van der Waals surface area contributed by atoms with Gasteiger partial charge in [0.25, 0.3) is 0 Å². The van der Waals surface area contributed by atoms with Gasteiger partial charge in [-0.15, -0.1) is 0 Å². The predicted octanol–water partition coefficient (Wildman–Crippen LogP) is 4.31. The third kappa shape index (κ3) is 2.12. The zero-order valence-electron chi connectivity index (χ0n) is 11.7. The molecule has 0 saturated carbocycles. The van der Waals surface area contributed by atoms with Crippen LogP contribution < -0.4 is 4.74 Å². The second-order valence-electron chi connectivity index (χ2n) is 4.99. The van der Waals surface area contributed by atoms with Crippen LogP contribution in [0.25, 0.3) is 16.7 Å². The molecule has 0 fully saturated rings. The number of hydrogen-bond donors (Lipinski definition) is 1. The first-order chi connectivity index (χ1) is 9.58. The van der Waals surface area contributed by atoms with E-state index < -0.39 is 0 Å². The molecule has 4 heteroatoms. The number of fused-ring (bicyclic) bond motifs is 1. The number of nitrogens with one attached hydrogen (secondary N) is 1. The molecule has 1 heterocycles. The van der Waals surface area contributed by atoms with Gasteiger partial charge in [-0.3, -0.25) is 4.57 Å². The van der Waals surface area contributed by atoms with E-state index in [9.17, 15) is 0 Å². The third-order valence-corrected chi connectivity index (χ3v) is 3.64. The Labute approximate surface area is 122 Å². The normalized spacial score (nSPS) is 10.9. The Hall–Kier alpha value is -2.07. The van der Waals surface area contributed by atoms with Crippen LogP contribution in [0, 0.1) is 18.6 Å². The van der Waals surface area contributed by atoms with Gasteiger partial charge in [0.05, 0.1) is 18.1 Å². The maximum absolute atomic E-state index is 5.47. The number of aromatic nitrogens is 2. The van der Waals surface area contributed by atoms with Crippen LogP contribution in [-0.2, 0) is 0 Å². The van der Waals surface area contributed by atoms with Crippen molar-refractivity contribution in [2.45, 2.75) is 13.8 Å². The van der Waals surface area contributed by atoms with Crippen molar-refractivity contribution in [3.63, 3.8) is 0 Å². The van der Waals surface area contributed by atoms with Gasteiger partial charge in [0.2, 0.25) is 0 Å². The lowest BCUT2D eigenvalue weighted by Crippen LogP contribution is -1.95. The largest absolute Gasteiger partial charge is 0.497 e. The summed E-state index contributed by atoms with van der Waals surface area (Å²) in [5, 5.41) is 0. The highest BCUT2D eigenvalue weighted by Crippen LogP contribution is 2.24. The van der Waals surface area contributed by atoms with Crippen LogP contribution in [0.3, 0.4) is 0 Å². The van der Waals surface area contributed by atoms with Crippen molar-refractivity contribution in [2.75, 3.05) is 7.11 Å². The summed E-state index contributed by atoms with van der Waals surface area (Å²) < 4.78 is 8.00. The summed E-state index contributed by atoms with van der Waals surface area (Å²) >= 11 is 5.47. The summed E-state index contributed by atoms with van der Waals surface area (Å²) in [7, 11) is 1.66. The van der Waals surface area contributed by atoms with Crippen LogP contribution in [-0.4, -0.2) is 16.7 Å². The third-order valence-electron chi connectivity index (χ3n) is 3.35. The fourth-order valence-corrected chi connectivity index (χ4v) is 2.87. The average Bonchev–Trinajstić information content (AvgIpc) is 2.72. The van der Waals surface area contributed by atoms with Crippen molar-refractivity contribution >= 4 is 23.3 Å². The number of hydrogen-bond acceptors (Lipinski definition) is 2. The van der Waals surface area contributed by atoms with Gasteiger partial charge in [0, 0.05) is 11.8 Å². The van der Waals surface area contributed by atoms with Gasteiger partial charge in [-0.1, -0.05) is 6.07 Å². The smallest absolute Gasteiger partial charge is 0.182 e. The van der Waals surface area contributed by atoms with E-state index in [2.05, 4.69) is 41.6 Å². The summed E-state index contributed by atoms with van der Waals surface area (Å²) in [6, 6.07) is 12.4. The Morgan fingerprint density at radius 1 is 1.05 bits per heavy atom. The number of aromatic amines is 1. The second kappa shape index (κ2) is 4.80. The lowest BCUT2D eigenvalue weighted by Gasteiger charge is -2.08. The molecule has 20 heavy (non-hydrogen) atoms. The van der Waals surface area contributed by atoms with Crippen LogP contribution in [0.5, 0.6) is 5.75 Å². The Bertz CT molecular complexity index is 825. The number of rotatable bonds is 2. The van der Waals surface area contributed by atoms with Crippen molar-refractivity contribution in [3.8, 4) is 11.4 Å². The Kier molecular flexibility index (Phi) is 3.10. The van der Waals surface area contributed by atoms with E-state index in [0.29, 0.717) is 4.77 Å². The number of nitrogens with zero attached hydrogens (tertiary/aromatic N) is 1. The first-order valence-corrected chi connectivity index (χ1v) is 6.87. The molecular formula is C16H16N2OS. The fourth-order valence-electron chi connectivity index (χ4n) is 2.55. The Morgan fingerprint density at radius 2 is 1.75 bits per heavy atom. The minimum atomic E-state index is 0.693. The van der Waals surface area contributed by atoms with Gasteiger partial charge in [0.1, 0.15) is 5.75 Å². The summed E-state index contributed by atoms with van der Waals surface area (Å²) in [6.45, 7) is 4.19. The van der Waals surface area contributed by atoms with E-state index in [-0.39, 0.29) is 0 Å². The molecule has 0 radical (unpaired) electrons. The molecule has 0 atom stereocenters. The molecule has 0 aliphatic carbocycles. The summed E-state index contributed by atoms with van der Waals surface area (Å²) in [5.41, 5.74) is 5.58. The first kappa shape index (κ1) is 12.9. The average molecular weight is 284 g/mol. The minimum absolute atomic E-state index is 0.693. The first-order valence-electron chi connectivity index (χ1n) is 6.46. The molecule has 0 amide bonds. The lowest BCUT2D eigenvalue weighted by atomic mass is 10.1. The van der Waals surface area contributed by atoms with Crippen molar-refractivity contribution in [1.29, 1.82) is 0 Å². The van der Waals surface area contributed by atoms with Gasteiger partial charge in [-0.05, 0) is 61.5 Å². The molecule has 0 unspecified atom stereocenters. The summed E-state index contributed by atoms with van der Waals surface area (Å²) in [5.74, 6) is 0.821. The minimum Gasteiger partial charge on any atom is -0.497 e. The van der Waals surface area contributed by atoms with Crippen LogP contribution in [0.1, 0.15) is 11.1 Å². The van der Waals surface area contributed by atoms with E-state index in [1.807, 2.05) is 18.2 Å². The van der Waals surface area contributed by atoms with Crippen LogP contribution >= 0.6 is 12.2 Å². The summed E-state index contributed by atoms with van der Waals surface area (Å²) in [4.78, 5) is 3.24. The molecular weight excluding hydrogens is 268 g/mol. The van der Waals surface area contributed by atoms with Gasteiger partial charge >= 0.3 is 0 Å². The lowest BCUT2D eigenvalue weighted by molar-refractivity contribution is 0.415. The number of benzene rings is 2. The van der Waals surface area contributed by atoms with E-state index in [4.69, 9.17) is 17.0 Å². The van der Waals surface area contributed by atoms with Gasteiger partial charge in [-0.25, -0.2) is 0 Å². The van der Waals surface area contributed by atoms with E-state index >= 15 is 0 Å². The standard InChI is InChI=1S/C16H16N2OS/c1-10-6-11(2)8-12(7-10)18-15-5-4-13(19-3)9-14(15)17-16(18)20/h4-9H,1-3H3,(H,17,20). The number of ether oxygens (including phenoxy) is 1. The fraction of sp³-hybridized carbons (Fsp3) is 0.188. The number of imidazole rings is 1. The number of methoxy groups -OCH3 is 1. The molecule has 102 valence electrons. The van der Waals surface area contributed by atoms with Gasteiger partial charge < -0.3 is 9.72 Å². The topological polar surface area (TPSA) is 29.9 Å². The van der Waals surface area contributed by atoms with E-state index in [1.54, 1.807) is 7.11 Å². The highest BCUT2D eigenvalue weighted by molar-refractivity contribution is 7.71. The van der Waals surface area contributed by atoms with Crippen LogP contribution in [0.4, 0.5) is 0 Å². The molecule has 3 aromatic rings. The molecule has 0 aliphatic heterocycles. The molecule has 2 aromatic carbocycles. The highest BCUT2D eigenvalue weighted by atomic mass is 32.1. The highest BCUT2D eigenvalue weighted by Gasteiger charge is 2.08. The second-order valence-corrected chi connectivity index (χ2v) is 5.38. The van der Waals surface area contributed by atoms with Crippen LogP contribution in [0.2, 0.25) is 0 Å². The summed E-state index contributed by atoms with van der Waals surface area (Å²) in [6.07, 6.45) is 0.